The fraction of sp³-hybridized carbons (Fsp3) is 0.455. The highest BCUT2D eigenvalue weighted by Gasteiger charge is 2.23. The maximum absolute atomic E-state index is 11.4. The molecule has 0 aromatic carbocycles. The molecule has 0 spiro atoms. The predicted molar refractivity (Wildman–Crippen MR) is 63.2 cm³/mol. The lowest BCUT2D eigenvalue weighted by Gasteiger charge is -2.09. The number of ketones is 1. The van der Waals surface area contributed by atoms with E-state index >= 15 is 0 Å². The molecular weight excluding hydrogens is 240 g/mol. The van der Waals surface area contributed by atoms with Crippen LogP contribution in [0.25, 0.3) is 0 Å². The van der Waals surface area contributed by atoms with E-state index in [0.29, 0.717) is 6.61 Å². The van der Waals surface area contributed by atoms with Crippen molar-refractivity contribution in [2.45, 2.75) is 20.8 Å². The average molecular weight is 254 g/mol. The minimum Gasteiger partial charge on any atom is -0.477 e. The van der Waals surface area contributed by atoms with E-state index in [-0.39, 0.29) is 35.4 Å². The third-order valence-electron chi connectivity index (χ3n) is 2.07. The number of nitro groups is 1. The molecule has 18 heavy (non-hydrogen) atoms. The Labute approximate surface area is 104 Å². The van der Waals surface area contributed by atoms with Crippen LogP contribution in [-0.2, 0) is 0 Å². The van der Waals surface area contributed by atoms with Crippen LogP contribution in [0.5, 0.6) is 11.8 Å². The molecule has 98 valence electrons. The van der Waals surface area contributed by atoms with Gasteiger partial charge in [-0.05, 0) is 20.8 Å². The third-order valence-corrected chi connectivity index (χ3v) is 2.07. The summed E-state index contributed by atoms with van der Waals surface area (Å²) in [4.78, 5) is 25.5. The smallest absolute Gasteiger partial charge is 0.331 e. The first-order chi connectivity index (χ1) is 8.51. The lowest BCUT2D eigenvalue weighted by Crippen LogP contribution is -2.07. The fourth-order valence-electron chi connectivity index (χ4n) is 1.34. The second kappa shape index (κ2) is 5.95. The largest absolute Gasteiger partial charge is 0.477 e. The van der Waals surface area contributed by atoms with Gasteiger partial charge in [0.15, 0.2) is 5.78 Å². The van der Waals surface area contributed by atoms with Crippen LogP contribution in [0, 0.1) is 10.1 Å². The van der Waals surface area contributed by atoms with Crippen LogP contribution in [0.1, 0.15) is 31.1 Å². The number of pyridine rings is 1. The van der Waals surface area contributed by atoms with Crippen molar-refractivity contribution in [2.24, 2.45) is 0 Å². The van der Waals surface area contributed by atoms with E-state index < -0.39 is 4.92 Å². The summed E-state index contributed by atoms with van der Waals surface area (Å²) in [6, 6.07) is 1.13. The van der Waals surface area contributed by atoms with Gasteiger partial charge in [-0.3, -0.25) is 14.9 Å². The highest BCUT2D eigenvalue weighted by atomic mass is 16.6. The van der Waals surface area contributed by atoms with Crippen molar-refractivity contribution < 1.29 is 19.2 Å². The molecule has 1 heterocycles. The van der Waals surface area contributed by atoms with Gasteiger partial charge >= 0.3 is 5.69 Å². The molecule has 0 radical (unpaired) electrons. The Morgan fingerprint density at radius 1 is 1.33 bits per heavy atom. The van der Waals surface area contributed by atoms with Gasteiger partial charge in [0.2, 0.25) is 5.88 Å². The molecule has 1 rings (SSSR count). The zero-order chi connectivity index (χ0) is 13.7. The Kier molecular flexibility index (Phi) is 4.59. The lowest BCUT2D eigenvalue weighted by atomic mass is 10.2. The highest BCUT2D eigenvalue weighted by Crippen LogP contribution is 2.31. The number of nitrogens with zero attached hydrogens (tertiary/aromatic N) is 2. The third kappa shape index (κ3) is 2.93. The number of hydrogen-bond donors (Lipinski definition) is 0. The summed E-state index contributed by atoms with van der Waals surface area (Å²) < 4.78 is 10.3. The van der Waals surface area contributed by atoms with Crippen molar-refractivity contribution in [1.29, 1.82) is 0 Å². The number of carbonyl (C=O) groups excluding carboxylic acids is 1. The van der Waals surface area contributed by atoms with Crippen LogP contribution >= 0.6 is 0 Å². The predicted octanol–water partition coefficient (Wildman–Crippen LogP) is 1.99. The first-order valence-corrected chi connectivity index (χ1v) is 5.47. The van der Waals surface area contributed by atoms with Gasteiger partial charge in [0.1, 0.15) is 0 Å². The Morgan fingerprint density at radius 2 is 1.89 bits per heavy atom. The zero-order valence-corrected chi connectivity index (χ0v) is 10.4. The number of aromatic nitrogens is 1. The molecule has 0 fully saturated rings. The van der Waals surface area contributed by atoms with Crippen LogP contribution in [0.2, 0.25) is 0 Å². The minimum atomic E-state index is -0.639. The Hall–Kier alpha value is -2.18. The maximum Gasteiger partial charge on any atom is 0.331 e. The van der Waals surface area contributed by atoms with E-state index in [0.717, 1.165) is 6.07 Å². The number of carbonyl (C=O) groups is 1. The van der Waals surface area contributed by atoms with Crippen LogP contribution < -0.4 is 9.47 Å². The summed E-state index contributed by atoms with van der Waals surface area (Å²) in [6.45, 7) is 5.25. The molecule has 0 amide bonds. The van der Waals surface area contributed by atoms with Gasteiger partial charge in [0.25, 0.3) is 5.88 Å². The van der Waals surface area contributed by atoms with Gasteiger partial charge in [0.05, 0.1) is 23.7 Å². The Balaban J connectivity index is 3.39. The van der Waals surface area contributed by atoms with Crippen molar-refractivity contribution in [1.82, 2.24) is 4.98 Å². The fourth-order valence-corrected chi connectivity index (χ4v) is 1.34. The van der Waals surface area contributed by atoms with Gasteiger partial charge in [-0.15, -0.1) is 0 Å². The molecule has 0 N–H and O–H groups in total. The van der Waals surface area contributed by atoms with Crippen molar-refractivity contribution in [2.75, 3.05) is 13.2 Å². The van der Waals surface area contributed by atoms with E-state index in [1.807, 2.05) is 0 Å². The molecule has 0 aliphatic heterocycles. The first kappa shape index (κ1) is 13.9. The lowest BCUT2D eigenvalue weighted by molar-refractivity contribution is -0.386. The monoisotopic (exact) mass is 254 g/mol. The van der Waals surface area contributed by atoms with Gasteiger partial charge in [-0.1, -0.05) is 0 Å². The molecule has 1 aromatic rings. The zero-order valence-electron chi connectivity index (χ0n) is 10.4. The summed E-state index contributed by atoms with van der Waals surface area (Å²) in [7, 11) is 0. The molecule has 0 bridgehead atoms. The van der Waals surface area contributed by atoms with Crippen molar-refractivity contribution in [3.63, 3.8) is 0 Å². The molecule has 0 saturated carbocycles. The van der Waals surface area contributed by atoms with E-state index in [9.17, 15) is 14.9 Å². The number of rotatable bonds is 6. The molecule has 1 aromatic heterocycles. The highest BCUT2D eigenvalue weighted by molar-refractivity contribution is 5.97. The van der Waals surface area contributed by atoms with Crippen LogP contribution in [0.4, 0.5) is 5.69 Å². The summed E-state index contributed by atoms with van der Waals surface area (Å²) in [5.74, 6) is -0.438. The molecule has 0 unspecified atom stereocenters. The molecule has 7 nitrogen and oxygen atoms in total. The second-order valence-electron chi connectivity index (χ2n) is 3.34. The van der Waals surface area contributed by atoms with Crippen molar-refractivity contribution in [3.8, 4) is 11.8 Å². The molecule has 7 heteroatoms. The summed E-state index contributed by atoms with van der Waals surface area (Å²) in [6.07, 6.45) is 0. The summed E-state index contributed by atoms with van der Waals surface area (Å²) in [5, 5.41) is 10.9. The minimum absolute atomic E-state index is 0.0547. The summed E-state index contributed by atoms with van der Waals surface area (Å²) in [5.41, 5.74) is -0.266. The molecule has 0 atom stereocenters. The van der Waals surface area contributed by atoms with Crippen LogP contribution in [-0.4, -0.2) is 28.9 Å². The molecule has 0 aliphatic carbocycles. The van der Waals surface area contributed by atoms with E-state index in [2.05, 4.69) is 4.98 Å². The van der Waals surface area contributed by atoms with Gasteiger partial charge < -0.3 is 9.47 Å². The van der Waals surface area contributed by atoms with Crippen LogP contribution in [0.15, 0.2) is 6.07 Å². The van der Waals surface area contributed by atoms with Crippen LogP contribution in [0.3, 0.4) is 0 Å². The SMILES string of the molecule is CCOc1nc(OCC)c([N+](=O)[O-])cc1C(C)=O. The van der Waals surface area contributed by atoms with Gasteiger partial charge in [-0.25, -0.2) is 0 Å². The van der Waals surface area contributed by atoms with Gasteiger partial charge in [0, 0.05) is 6.07 Å². The second-order valence-corrected chi connectivity index (χ2v) is 3.34. The number of Topliss-reactive ketones (excluding diaryl/α,β-unsaturated/α-hetero) is 1. The summed E-state index contributed by atoms with van der Waals surface area (Å²) >= 11 is 0. The van der Waals surface area contributed by atoms with E-state index in [1.165, 1.54) is 6.92 Å². The van der Waals surface area contributed by atoms with Crippen molar-refractivity contribution >= 4 is 11.5 Å². The van der Waals surface area contributed by atoms with E-state index in [1.54, 1.807) is 13.8 Å². The normalized spacial score (nSPS) is 9.94. The molecular formula is C11H14N2O5. The Bertz CT molecular complexity index is 433. The standard InChI is InChI=1S/C11H14N2O5/c1-4-17-10-8(7(3)14)6-9(13(15)16)11(12-10)18-5-2/h6H,4-5H2,1-3H3. The number of ether oxygens (including phenoxy) is 2. The average Bonchev–Trinajstić information content (AvgIpc) is 2.29. The molecule has 0 saturated heterocycles. The quantitative estimate of drug-likeness (QED) is 0.438. The maximum atomic E-state index is 11.4. The topological polar surface area (TPSA) is 91.6 Å². The number of hydrogen-bond acceptors (Lipinski definition) is 6. The van der Waals surface area contributed by atoms with Gasteiger partial charge in [-0.2, -0.15) is 4.98 Å². The first-order valence-electron chi connectivity index (χ1n) is 5.47. The van der Waals surface area contributed by atoms with E-state index in [4.69, 9.17) is 9.47 Å². The van der Waals surface area contributed by atoms with Crippen molar-refractivity contribution in [3.05, 3.63) is 21.7 Å². The Morgan fingerprint density at radius 3 is 2.33 bits per heavy atom. The molecule has 0 aliphatic rings.